The Morgan fingerprint density at radius 2 is 1.76 bits per heavy atom. The van der Waals surface area contributed by atoms with Crippen LogP contribution < -0.4 is 5.32 Å². The molecule has 8 heteroatoms. The van der Waals surface area contributed by atoms with Gasteiger partial charge in [-0.1, -0.05) is 37.9 Å². The number of anilines is 1. The molecule has 0 spiro atoms. The van der Waals surface area contributed by atoms with Crippen molar-refractivity contribution < 1.29 is 19.5 Å². The van der Waals surface area contributed by atoms with Gasteiger partial charge in [0.1, 0.15) is 12.3 Å². The third-order valence-electron chi connectivity index (χ3n) is 5.51. The Morgan fingerprint density at radius 1 is 1.16 bits per heavy atom. The van der Waals surface area contributed by atoms with Gasteiger partial charge in [-0.3, -0.25) is 19.3 Å². The zero-order valence-electron chi connectivity index (χ0n) is 13.1. The molecule has 3 fully saturated rings. The first kappa shape index (κ1) is 17.0. The highest BCUT2D eigenvalue weighted by molar-refractivity contribution is 9.12. The third kappa shape index (κ3) is 2.61. The number of aromatic hydroxyl groups is 1. The van der Waals surface area contributed by atoms with Crippen molar-refractivity contribution in [1.82, 2.24) is 4.90 Å². The normalized spacial score (nSPS) is 36.0. The molecule has 2 bridgehead atoms. The van der Waals surface area contributed by atoms with Crippen LogP contribution in [0.1, 0.15) is 6.42 Å². The second kappa shape index (κ2) is 6.09. The van der Waals surface area contributed by atoms with E-state index in [1.165, 1.54) is 12.1 Å². The molecule has 1 aromatic carbocycles. The number of imide groups is 1. The number of benzene rings is 1. The summed E-state index contributed by atoms with van der Waals surface area (Å²) in [5.41, 5.74) is 0.422. The fraction of sp³-hybridized carbons (Fsp3) is 0.471. The van der Waals surface area contributed by atoms with Gasteiger partial charge in [0, 0.05) is 21.4 Å². The van der Waals surface area contributed by atoms with Crippen LogP contribution in [-0.2, 0) is 14.4 Å². The summed E-state index contributed by atoms with van der Waals surface area (Å²) in [6, 6.07) is 6.13. The van der Waals surface area contributed by atoms with Crippen LogP contribution in [0.2, 0.25) is 0 Å². The zero-order valence-corrected chi connectivity index (χ0v) is 16.2. The van der Waals surface area contributed by atoms with E-state index in [0.29, 0.717) is 5.69 Å². The van der Waals surface area contributed by atoms with Gasteiger partial charge in [0.05, 0.1) is 11.8 Å². The average molecular weight is 472 g/mol. The van der Waals surface area contributed by atoms with E-state index in [1.54, 1.807) is 12.1 Å². The number of halogens is 2. The third-order valence-corrected chi connectivity index (χ3v) is 8.72. The number of rotatable bonds is 3. The minimum absolute atomic E-state index is 0.0314. The Kier molecular flexibility index (Phi) is 4.15. The van der Waals surface area contributed by atoms with E-state index in [-0.39, 0.29) is 57.4 Å². The van der Waals surface area contributed by atoms with Gasteiger partial charge in [0.25, 0.3) is 0 Å². The maximum Gasteiger partial charge on any atom is 0.244 e. The number of phenolic OH excluding ortho intramolecular Hbond substituents is 1. The molecule has 0 aromatic heterocycles. The zero-order chi connectivity index (χ0) is 17.9. The summed E-state index contributed by atoms with van der Waals surface area (Å²) in [5, 5.41) is 12.0. The van der Waals surface area contributed by atoms with E-state index in [9.17, 15) is 19.5 Å². The molecule has 0 unspecified atom stereocenters. The van der Waals surface area contributed by atoms with Crippen molar-refractivity contribution in [3.63, 3.8) is 0 Å². The van der Waals surface area contributed by atoms with Crippen LogP contribution in [-0.4, -0.2) is 43.9 Å². The van der Waals surface area contributed by atoms with Gasteiger partial charge in [-0.15, -0.1) is 0 Å². The molecule has 25 heavy (non-hydrogen) atoms. The molecule has 1 heterocycles. The molecule has 6 atom stereocenters. The van der Waals surface area contributed by atoms with Crippen molar-refractivity contribution in [3.8, 4) is 5.75 Å². The lowest BCUT2D eigenvalue weighted by Gasteiger charge is -2.28. The molecule has 132 valence electrons. The molecule has 1 aromatic rings. The van der Waals surface area contributed by atoms with E-state index in [1.807, 2.05) is 0 Å². The number of likely N-dealkylation sites (tertiary alicyclic amines) is 1. The first-order valence-corrected chi connectivity index (χ1v) is 9.94. The number of phenols is 1. The first-order chi connectivity index (χ1) is 11.9. The van der Waals surface area contributed by atoms with Crippen LogP contribution in [0.3, 0.4) is 0 Å². The predicted octanol–water partition coefficient (Wildman–Crippen LogP) is 2.11. The summed E-state index contributed by atoms with van der Waals surface area (Å²) < 4.78 is 0. The molecule has 2 N–H and O–H groups in total. The van der Waals surface area contributed by atoms with Crippen molar-refractivity contribution in [3.05, 3.63) is 24.3 Å². The molecule has 6 nitrogen and oxygen atoms in total. The van der Waals surface area contributed by atoms with Gasteiger partial charge in [0.2, 0.25) is 17.7 Å². The number of fused-ring (bicyclic) bond motifs is 5. The first-order valence-electron chi connectivity index (χ1n) is 8.10. The largest absolute Gasteiger partial charge is 0.508 e. The maximum absolute atomic E-state index is 12.7. The summed E-state index contributed by atoms with van der Waals surface area (Å²) in [6.45, 7) is -0.292. The van der Waals surface area contributed by atoms with E-state index in [4.69, 9.17) is 0 Å². The van der Waals surface area contributed by atoms with Crippen LogP contribution in [0.15, 0.2) is 24.3 Å². The summed E-state index contributed by atoms with van der Waals surface area (Å²) >= 11 is 7.27. The van der Waals surface area contributed by atoms with Gasteiger partial charge < -0.3 is 10.4 Å². The van der Waals surface area contributed by atoms with Crippen LogP contribution in [0.5, 0.6) is 5.75 Å². The minimum Gasteiger partial charge on any atom is -0.508 e. The van der Waals surface area contributed by atoms with Crippen LogP contribution in [0, 0.1) is 23.7 Å². The number of nitrogens with zero attached hydrogens (tertiary/aromatic N) is 1. The molecule has 1 aliphatic heterocycles. The van der Waals surface area contributed by atoms with Crippen LogP contribution >= 0.6 is 31.9 Å². The van der Waals surface area contributed by atoms with Crippen molar-refractivity contribution in [1.29, 1.82) is 0 Å². The number of carbonyl (C=O) groups excluding carboxylic acids is 3. The molecule has 0 radical (unpaired) electrons. The van der Waals surface area contributed by atoms with Crippen molar-refractivity contribution in [2.24, 2.45) is 23.7 Å². The molecule has 4 rings (SSSR count). The monoisotopic (exact) mass is 470 g/mol. The van der Waals surface area contributed by atoms with E-state index in [2.05, 4.69) is 37.2 Å². The fourth-order valence-corrected chi connectivity index (χ4v) is 6.37. The van der Waals surface area contributed by atoms with Crippen molar-refractivity contribution in [2.75, 3.05) is 11.9 Å². The summed E-state index contributed by atoms with van der Waals surface area (Å²) in [6.07, 6.45) is 0.863. The molecular weight excluding hydrogens is 456 g/mol. The second-order valence-corrected chi connectivity index (χ2v) is 8.98. The number of amides is 3. The highest BCUT2D eigenvalue weighted by Gasteiger charge is 2.66. The SMILES string of the molecule is O=C(CN1C(=O)[C@@H]2[C@@H]3C[C@H]([C@@H](Br)[C@H]3Br)[C@H]2C1=O)Nc1cccc(O)c1. The van der Waals surface area contributed by atoms with Crippen molar-refractivity contribution >= 4 is 55.3 Å². The summed E-state index contributed by atoms with van der Waals surface area (Å²) in [4.78, 5) is 39.2. The highest BCUT2D eigenvalue weighted by Crippen LogP contribution is 2.60. The summed E-state index contributed by atoms with van der Waals surface area (Å²) in [5.74, 6) is -1.26. The second-order valence-electron chi connectivity index (χ2n) is 6.86. The summed E-state index contributed by atoms with van der Waals surface area (Å²) in [7, 11) is 0. The van der Waals surface area contributed by atoms with Gasteiger partial charge in [-0.25, -0.2) is 0 Å². The van der Waals surface area contributed by atoms with Gasteiger partial charge in [-0.05, 0) is 30.4 Å². The van der Waals surface area contributed by atoms with Crippen LogP contribution in [0.25, 0.3) is 0 Å². The molecule has 3 amide bonds. The quantitative estimate of drug-likeness (QED) is 0.522. The number of alkyl halides is 2. The highest BCUT2D eigenvalue weighted by atomic mass is 79.9. The Bertz CT molecular complexity index is 739. The molecular formula is C17H16Br2N2O4. The lowest BCUT2D eigenvalue weighted by atomic mass is 9.81. The van der Waals surface area contributed by atoms with Gasteiger partial charge >= 0.3 is 0 Å². The Labute approximate surface area is 161 Å². The Morgan fingerprint density at radius 3 is 2.32 bits per heavy atom. The molecule has 3 aliphatic rings. The average Bonchev–Trinajstić information content (AvgIpc) is 3.15. The number of carbonyl (C=O) groups is 3. The van der Waals surface area contributed by atoms with E-state index >= 15 is 0 Å². The lowest BCUT2D eigenvalue weighted by Crippen LogP contribution is -2.39. The topological polar surface area (TPSA) is 86.7 Å². The number of hydrogen-bond acceptors (Lipinski definition) is 4. The van der Waals surface area contributed by atoms with Gasteiger partial charge in [-0.2, -0.15) is 0 Å². The fourth-order valence-electron chi connectivity index (χ4n) is 4.49. The van der Waals surface area contributed by atoms with E-state index < -0.39 is 5.91 Å². The maximum atomic E-state index is 12.7. The van der Waals surface area contributed by atoms with Crippen LogP contribution in [0.4, 0.5) is 5.69 Å². The Hall–Kier alpha value is -1.41. The van der Waals surface area contributed by atoms with E-state index in [0.717, 1.165) is 11.3 Å². The Balaban J connectivity index is 1.48. The van der Waals surface area contributed by atoms with Gasteiger partial charge in [0.15, 0.2) is 0 Å². The standard InChI is InChI=1S/C17H16Br2N2O4/c18-14-9-5-10(15(14)19)13-12(9)16(24)21(17(13)25)6-11(23)20-7-2-1-3-8(22)4-7/h1-4,9-10,12-15,22H,5-6H2,(H,20,23)/t9-,10-,12+,13+,14-,15+/m0/s1. The molecule has 2 saturated carbocycles. The number of hydrogen-bond donors (Lipinski definition) is 2. The van der Waals surface area contributed by atoms with Crippen molar-refractivity contribution in [2.45, 2.75) is 16.1 Å². The number of nitrogens with one attached hydrogen (secondary N) is 1. The minimum atomic E-state index is -0.453. The lowest BCUT2D eigenvalue weighted by molar-refractivity contribution is -0.143. The molecule has 1 saturated heterocycles. The predicted molar refractivity (Wildman–Crippen MR) is 97.5 cm³/mol. The molecule has 2 aliphatic carbocycles. The smallest absolute Gasteiger partial charge is 0.244 e.